The van der Waals surface area contributed by atoms with Gasteiger partial charge < -0.3 is 4.42 Å². The van der Waals surface area contributed by atoms with Crippen molar-refractivity contribution in [3.8, 4) is 0 Å². The molecule has 0 N–H and O–H groups in total. The zero-order valence-corrected chi connectivity index (χ0v) is 6.66. The molecular formula is C11H9O. The van der Waals surface area contributed by atoms with Crippen LogP contribution in [0, 0.1) is 6.58 Å². The predicted molar refractivity (Wildman–Crippen MR) is 48.8 cm³/mol. The minimum Gasteiger partial charge on any atom is -0.461 e. The molecule has 1 aromatic heterocycles. The van der Waals surface area contributed by atoms with Crippen molar-refractivity contribution < 1.29 is 4.42 Å². The van der Waals surface area contributed by atoms with E-state index in [1.807, 2.05) is 30.3 Å². The smallest absolute Gasteiger partial charge is 0.134 e. The number of hydrogen-bond acceptors (Lipinski definition) is 1. The molecule has 1 aromatic carbocycles. The van der Waals surface area contributed by atoms with E-state index in [0.717, 1.165) is 16.7 Å². The summed E-state index contributed by atoms with van der Waals surface area (Å²) in [6, 6.07) is 9.95. The van der Waals surface area contributed by atoms with Crippen LogP contribution in [0.15, 0.2) is 40.8 Å². The molecule has 1 heteroatoms. The van der Waals surface area contributed by atoms with Crippen LogP contribution in [-0.4, -0.2) is 0 Å². The zero-order valence-electron chi connectivity index (χ0n) is 6.66. The second-order valence-corrected chi connectivity index (χ2v) is 2.69. The summed E-state index contributed by atoms with van der Waals surface area (Å²) in [6.45, 7) is 5.30. The van der Waals surface area contributed by atoms with Crippen LogP contribution in [0.4, 0.5) is 0 Å². The van der Waals surface area contributed by atoms with Gasteiger partial charge in [-0.05, 0) is 12.1 Å². The van der Waals surface area contributed by atoms with E-state index in [-0.39, 0.29) is 0 Å². The van der Waals surface area contributed by atoms with Crippen molar-refractivity contribution in [1.29, 1.82) is 0 Å². The fourth-order valence-corrected chi connectivity index (χ4v) is 1.25. The molecule has 0 atom stereocenters. The van der Waals surface area contributed by atoms with Crippen molar-refractivity contribution in [2.75, 3.05) is 0 Å². The van der Waals surface area contributed by atoms with Gasteiger partial charge in [-0.15, -0.1) is 0 Å². The lowest BCUT2D eigenvalue weighted by molar-refractivity contribution is 0.565. The van der Waals surface area contributed by atoms with Gasteiger partial charge >= 0.3 is 0 Å². The van der Waals surface area contributed by atoms with Gasteiger partial charge in [-0.2, -0.15) is 0 Å². The number of benzene rings is 1. The Morgan fingerprint density at radius 3 is 2.92 bits per heavy atom. The van der Waals surface area contributed by atoms with E-state index in [1.165, 1.54) is 0 Å². The highest BCUT2D eigenvalue weighted by molar-refractivity contribution is 5.77. The second-order valence-electron chi connectivity index (χ2n) is 2.69. The van der Waals surface area contributed by atoms with Crippen LogP contribution in [-0.2, 0) is 6.42 Å². The number of fused-ring (bicyclic) bond motifs is 1. The van der Waals surface area contributed by atoms with Gasteiger partial charge in [0.1, 0.15) is 11.3 Å². The van der Waals surface area contributed by atoms with Gasteiger partial charge in [0.05, 0.1) is 0 Å². The van der Waals surface area contributed by atoms with Crippen LogP contribution in [0.1, 0.15) is 5.76 Å². The van der Waals surface area contributed by atoms with E-state index < -0.39 is 0 Å². The third-order valence-corrected chi connectivity index (χ3v) is 1.80. The highest BCUT2D eigenvalue weighted by atomic mass is 16.3. The molecule has 0 saturated carbocycles. The lowest BCUT2D eigenvalue weighted by Gasteiger charge is -1.84. The molecule has 0 fully saturated rings. The summed E-state index contributed by atoms with van der Waals surface area (Å²) in [5, 5.41) is 1.13. The first-order valence-electron chi connectivity index (χ1n) is 3.91. The summed E-state index contributed by atoms with van der Waals surface area (Å²) in [5.41, 5.74) is 0.925. The molecule has 0 bridgehead atoms. The molecule has 0 spiro atoms. The van der Waals surface area contributed by atoms with E-state index in [2.05, 4.69) is 0 Å². The first-order chi connectivity index (χ1) is 5.90. The maximum absolute atomic E-state index is 5.50. The van der Waals surface area contributed by atoms with Crippen LogP contribution in [0.3, 0.4) is 0 Å². The Kier molecular flexibility index (Phi) is 1.71. The molecule has 0 amide bonds. The summed E-state index contributed by atoms with van der Waals surface area (Å²) in [7, 11) is 0. The molecule has 2 rings (SSSR count). The Labute approximate surface area is 71.3 Å². The standard InChI is InChI=1S/C11H9O/c1-2-5-10-8-9-6-3-4-7-11(9)12-10/h1-4,6-8H,5H2. The highest BCUT2D eigenvalue weighted by Gasteiger charge is 1.99. The molecular weight excluding hydrogens is 148 g/mol. The third kappa shape index (κ3) is 1.14. The molecule has 0 aliphatic carbocycles. The molecule has 1 nitrogen and oxygen atoms in total. The molecule has 0 aliphatic rings. The van der Waals surface area contributed by atoms with E-state index in [4.69, 9.17) is 11.0 Å². The minimum atomic E-state index is 0.689. The Morgan fingerprint density at radius 2 is 2.17 bits per heavy atom. The minimum absolute atomic E-state index is 0.689. The van der Waals surface area contributed by atoms with Crippen LogP contribution < -0.4 is 0 Å². The number of hydrogen-bond donors (Lipinski definition) is 0. The normalized spacial score (nSPS) is 10.3. The van der Waals surface area contributed by atoms with Gasteiger partial charge in [0.25, 0.3) is 0 Å². The maximum atomic E-state index is 5.50. The second kappa shape index (κ2) is 2.86. The largest absolute Gasteiger partial charge is 0.461 e. The quantitative estimate of drug-likeness (QED) is 0.653. The summed E-state index contributed by atoms with van der Waals surface area (Å²) >= 11 is 0. The Hall–Kier alpha value is -1.50. The average molecular weight is 157 g/mol. The van der Waals surface area contributed by atoms with Gasteiger partial charge in [-0.3, -0.25) is 0 Å². The van der Waals surface area contributed by atoms with Crippen LogP contribution in [0.5, 0.6) is 0 Å². The summed E-state index contributed by atoms with van der Waals surface area (Å²) < 4.78 is 5.50. The van der Waals surface area contributed by atoms with E-state index in [1.54, 1.807) is 6.08 Å². The molecule has 12 heavy (non-hydrogen) atoms. The Morgan fingerprint density at radius 1 is 1.33 bits per heavy atom. The first kappa shape index (κ1) is 7.17. The van der Waals surface area contributed by atoms with Crippen LogP contribution in [0.2, 0.25) is 0 Å². The fraction of sp³-hybridized carbons (Fsp3) is 0.0909. The average Bonchev–Trinajstić information content (AvgIpc) is 2.47. The molecule has 1 radical (unpaired) electrons. The van der Waals surface area contributed by atoms with Crippen molar-refractivity contribution in [2.45, 2.75) is 6.42 Å². The van der Waals surface area contributed by atoms with Crippen molar-refractivity contribution in [3.63, 3.8) is 0 Å². The molecule has 59 valence electrons. The number of para-hydroxylation sites is 1. The zero-order chi connectivity index (χ0) is 8.39. The Bertz CT molecular complexity index is 365. The van der Waals surface area contributed by atoms with Crippen molar-refractivity contribution in [1.82, 2.24) is 0 Å². The van der Waals surface area contributed by atoms with E-state index in [9.17, 15) is 0 Å². The number of furan rings is 1. The molecule has 1 heterocycles. The monoisotopic (exact) mass is 157 g/mol. The Balaban J connectivity index is 2.54. The SMILES string of the molecule is [CH]=CCc1cc2ccccc2o1. The van der Waals surface area contributed by atoms with E-state index >= 15 is 0 Å². The molecule has 0 unspecified atom stereocenters. The van der Waals surface area contributed by atoms with Gasteiger partial charge in [0.2, 0.25) is 0 Å². The van der Waals surface area contributed by atoms with Gasteiger partial charge in [0, 0.05) is 11.8 Å². The van der Waals surface area contributed by atoms with Gasteiger partial charge in [-0.1, -0.05) is 30.9 Å². The topological polar surface area (TPSA) is 13.1 Å². The third-order valence-electron chi connectivity index (χ3n) is 1.80. The van der Waals surface area contributed by atoms with Crippen molar-refractivity contribution >= 4 is 11.0 Å². The van der Waals surface area contributed by atoms with Crippen molar-refractivity contribution in [3.05, 3.63) is 48.7 Å². The summed E-state index contributed by atoms with van der Waals surface area (Å²) in [5.74, 6) is 0.915. The van der Waals surface area contributed by atoms with Crippen molar-refractivity contribution in [2.24, 2.45) is 0 Å². The lowest BCUT2D eigenvalue weighted by atomic mass is 10.2. The highest BCUT2D eigenvalue weighted by Crippen LogP contribution is 2.18. The molecule has 0 aliphatic heterocycles. The van der Waals surface area contributed by atoms with Gasteiger partial charge in [-0.25, -0.2) is 0 Å². The fourth-order valence-electron chi connectivity index (χ4n) is 1.25. The molecule has 2 aromatic rings. The molecule has 0 saturated heterocycles. The number of allylic oxidation sites excluding steroid dienone is 1. The summed E-state index contributed by atoms with van der Waals surface area (Å²) in [4.78, 5) is 0. The maximum Gasteiger partial charge on any atom is 0.134 e. The lowest BCUT2D eigenvalue weighted by Crippen LogP contribution is -1.70. The predicted octanol–water partition coefficient (Wildman–Crippen LogP) is 2.96. The summed E-state index contributed by atoms with van der Waals surface area (Å²) in [6.07, 6.45) is 2.28. The first-order valence-corrected chi connectivity index (χ1v) is 3.91. The van der Waals surface area contributed by atoms with E-state index in [0.29, 0.717) is 6.42 Å². The van der Waals surface area contributed by atoms with Crippen LogP contribution >= 0.6 is 0 Å². The van der Waals surface area contributed by atoms with Gasteiger partial charge in [0.15, 0.2) is 0 Å². The number of rotatable bonds is 2. The van der Waals surface area contributed by atoms with Crippen LogP contribution in [0.25, 0.3) is 11.0 Å².